The Morgan fingerprint density at radius 3 is 1.57 bits per heavy atom. The predicted octanol–water partition coefficient (Wildman–Crippen LogP) is -1.09. The maximum Gasteiger partial charge on any atom is 0.300 e. The molecule has 0 spiro atoms. The molecule has 0 heterocycles. The third-order valence-corrected chi connectivity index (χ3v) is 0. The van der Waals surface area contributed by atoms with Crippen LogP contribution in [-0.2, 0) is 21.9 Å². The molecule has 0 aliphatic heterocycles. The van der Waals surface area contributed by atoms with Crippen molar-refractivity contribution in [3.8, 4) is 0 Å². The summed E-state index contributed by atoms with van der Waals surface area (Å²) < 4.78 is 0. The van der Waals surface area contributed by atoms with Crippen molar-refractivity contribution >= 4 is 5.97 Å². The maximum absolute atomic E-state index is 9.00. The van der Waals surface area contributed by atoms with Crippen LogP contribution >= 0.6 is 0 Å². The molecule has 0 fully saturated rings. The van der Waals surface area contributed by atoms with Crippen molar-refractivity contribution < 1.29 is 27.0 Å². The van der Waals surface area contributed by atoms with Gasteiger partial charge in [0, 0.05) is 24.0 Å². The van der Waals surface area contributed by atoms with Gasteiger partial charge in [0.15, 0.2) is 0 Å². The van der Waals surface area contributed by atoms with Crippen LogP contribution in [0, 0.1) is 0 Å². The molecule has 0 saturated carbocycles. The number of carbonyl (C=O) groups is 1. The van der Waals surface area contributed by atoms with Crippen LogP contribution in [0.15, 0.2) is 0 Å². The first-order chi connectivity index (χ1) is 2.73. The minimum atomic E-state index is -0.833. The van der Waals surface area contributed by atoms with Crippen molar-refractivity contribution in [3.05, 3.63) is 0 Å². The van der Waals surface area contributed by atoms with Gasteiger partial charge < -0.3 is 5.11 Å². The fourth-order valence-corrected chi connectivity index (χ4v) is 0. The number of carboxylic acid groups (broad SMARTS) is 1. The Bertz CT molecular complexity index is 36.7. The van der Waals surface area contributed by atoms with E-state index in [4.69, 9.17) is 9.90 Å². The minimum Gasteiger partial charge on any atom is -0.481 e. The molecule has 0 atom stereocenters. The predicted molar refractivity (Wildman–Crippen MR) is 21.7 cm³/mol. The molecule has 0 rings (SSSR count). The summed E-state index contributed by atoms with van der Waals surface area (Å²) in [6, 6.07) is 0. The summed E-state index contributed by atoms with van der Waals surface area (Å²) in [7, 11) is 0. The Morgan fingerprint density at radius 1 is 1.57 bits per heavy atom. The first kappa shape index (κ1) is 15.8. The van der Waals surface area contributed by atoms with E-state index >= 15 is 0 Å². The molecule has 0 aromatic heterocycles. The van der Waals surface area contributed by atoms with E-state index in [0.29, 0.717) is 0 Å². The second kappa shape index (κ2) is 16.8. The second-order valence-electron chi connectivity index (χ2n) is 0.519. The molecule has 0 bridgehead atoms. The van der Waals surface area contributed by atoms with Crippen molar-refractivity contribution in [1.29, 1.82) is 0 Å². The summed E-state index contributed by atoms with van der Waals surface area (Å²) in [6.45, 7) is 1.08. The molecule has 0 saturated heterocycles. The zero-order chi connectivity index (χ0) is 5.58. The van der Waals surface area contributed by atoms with E-state index in [-0.39, 0.29) is 17.1 Å². The SMILES string of the molecule is CC(=O)O.NN.[Cu]. The standard InChI is InChI=1S/C2H4O2.Cu.H4N2/c1-2(3)4;;1-2/h1H3,(H,3,4);;1-2H2. The zero-order valence-electron chi connectivity index (χ0n) is 3.81. The second-order valence-corrected chi connectivity index (χ2v) is 0.519. The quantitative estimate of drug-likeness (QED) is 0.236. The van der Waals surface area contributed by atoms with Gasteiger partial charge in [0.25, 0.3) is 5.97 Å². The molecule has 5 N–H and O–H groups in total. The molecule has 49 valence electrons. The van der Waals surface area contributed by atoms with E-state index in [1.165, 1.54) is 0 Å². The van der Waals surface area contributed by atoms with Crippen molar-refractivity contribution in [1.82, 2.24) is 0 Å². The molecule has 0 amide bonds. The Hall–Kier alpha value is -0.0905. The fraction of sp³-hybridized carbons (Fsp3) is 0.500. The molecule has 4 nitrogen and oxygen atoms in total. The van der Waals surface area contributed by atoms with Gasteiger partial charge in [-0.1, -0.05) is 0 Å². The van der Waals surface area contributed by atoms with Gasteiger partial charge in [0.05, 0.1) is 0 Å². The molecule has 1 radical (unpaired) electrons. The van der Waals surface area contributed by atoms with Crippen molar-refractivity contribution in [2.75, 3.05) is 0 Å². The van der Waals surface area contributed by atoms with Crippen molar-refractivity contribution in [2.45, 2.75) is 6.92 Å². The average Bonchev–Trinajstić information content (AvgIpc) is 1.41. The summed E-state index contributed by atoms with van der Waals surface area (Å²) in [4.78, 5) is 9.00. The van der Waals surface area contributed by atoms with Crippen LogP contribution in [0.25, 0.3) is 0 Å². The molecule has 0 unspecified atom stereocenters. The topological polar surface area (TPSA) is 89.3 Å². The Morgan fingerprint density at radius 2 is 1.57 bits per heavy atom. The molecule has 7 heavy (non-hydrogen) atoms. The van der Waals surface area contributed by atoms with Gasteiger partial charge in [-0.3, -0.25) is 16.5 Å². The molecular weight excluding hydrogens is 148 g/mol. The van der Waals surface area contributed by atoms with Gasteiger partial charge in [-0.2, -0.15) is 0 Å². The Kier molecular flexibility index (Phi) is 37.9. The number of hydrogen-bond acceptors (Lipinski definition) is 3. The molecule has 0 aromatic carbocycles. The summed E-state index contributed by atoms with van der Waals surface area (Å²) in [6.07, 6.45) is 0. The van der Waals surface area contributed by atoms with E-state index in [1.807, 2.05) is 0 Å². The molecular formula is C2H8CuN2O2. The monoisotopic (exact) mass is 155 g/mol. The number of nitrogens with two attached hydrogens (primary N) is 2. The van der Waals surface area contributed by atoms with Gasteiger partial charge >= 0.3 is 0 Å². The number of hydrazine groups is 1. The largest absolute Gasteiger partial charge is 0.481 e. The van der Waals surface area contributed by atoms with Gasteiger partial charge in [-0.25, -0.2) is 0 Å². The van der Waals surface area contributed by atoms with Crippen LogP contribution in [0.5, 0.6) is 0 Å². The molecule has 0 aliphatic rings. The normalized spacial score (nSPS) is 4.43. The fourth-order valence-electron chi connectivity index (χ4n) is 0. The summed E-state index contributed by atoms with van der Waals surface area (Å²) >= 11 is 0. The van der Waals surface area contributed by atoms with E-state index < -0.39 is 5.97 Å². The van der Waals surface area contributed by atoms with E-state index in [9.17, 15) is 0 Å². The molecule has 0 aromatic rings. The van der Waals surface area contributed by atoms with Crippen LogP contribution in [0.3, 0.4) is 0 Å². The Labute approximate surface area is 52.3 Å². The van der Waals surface area contributed by atoms with E-state index in [1.54, 1.807) is 0 Å². The molecule has 0 aliphatic carbocycles. The number of hydrogen-bond donors (Lipinski definition) is 3. The van der Waals surface area contributed by atoms with Crippen LogP contribution < -0.4 is 11.7 Å². The third kappa shape index (κ3) is 11000. The van der Waals surface area contributed by atoms with E-state index in [2.05, 4.69) is 11.7 Å². The van der Waals surface area contributed by atoms with E-state index in [0.717, 1.165) is 6.92 Å². The smallest absolute Gasteiger partial charge is 0.300 e. The van der Waals surface area contributed by atoms with Crippen LogP contribution in [0.4, 0.5) is 0 Å². The first-order valence-corrected chi connectivity index (χ1v) is 1.26. The Balaban J connectivity index is -0.0000000480. The zero-order valence-corrected chi connectivity index (χ0v) is 4.75. The summed E-state index contributed by atoms with van der Waals surface area (Å²) in [5.41, 5.74) is 0. The number of aliphatic carboxylic acids is 1. The summed E-state index contributed by atoms with van der Waals surface area (Å²) in [5.74, 6) is 7.17. The van der Waals surface area contributed by atoms with Crippen LogP contribution in [-0.4, -0.2) is 11.1 Å². The van der Waals surface area contributed by atoms with Gasteiger partial charge in [0.1, 0.15) is 0 Å². The number of rotatable bonds is 0. The van der Waals surface area contributed by atoms with Gasteiger partial charge in [-0.05, 0) is 0 Å². The molecule has 5 heteroatoms. The average molecular weight is 156 g/mol. The van der Waals surface area contributed by atoms with Crippen LogP contribution in [0.2, 0.25) is 0 Å². The van der Waals surface area contributed by atoms with Gasteiger partial charge in [0.2, 0.25) is 0 Å². The van der Waals surface area contributed by atoms with Gasteiger partial charge in [-0.15, -0.1) is 0 Å². The first-order valence-electron chi connectivity index (χ1n) is 1.26. The van der Waals surface area contributed by atoms with Crippen LogP contribution in [0.1, 0.15) is 6.92 Å². The third-order valence-electron chi connectivity index (χ3n) is 0. The minimum absolute atomic E-state index is 0. The van der Waals surface area contributed by atoms with Crippen molar-refractivity contribution in [2.24, 2.45) is 11.7 Å². The maximum atomic E-state index is 9.00. The summed E-state index contributed by atoms with van der Waals surface area (Å²) in [5, 5.41) is 7.42. The van der Waals surface area contributed by atoms with Crippen molar-refractivity contribution in [3.63, 3.8) is 0 Å². The number of carboxylic acids is 1.